The number of hydrogen-bond donors (Lipinski definition) is 0. The second-order valence-corrected chi connectivity index (χ2v) is 5.59. The molecule has 126 valence electrons. The molecule has 24 heavy (non-hydrogen) atoms. The number of methoxy groups -OCH3 is 2. The van der Waals surface area contributed by atoms with Crippen molar-refractivity contribution in [3.63, 3.8) is 0 Å². The van der Waals surface area contributed by atoms with Crippen LogP contribution in [0.4, 0.5) is 0 Å². The van der Waals surface area contributed by atoms with Crippen LogP contribution in [-0.2, 0) is 19.1 Å². The highest BCUT2D eigenvalue weighted by Gasteiger charge is 2.29. The summed E-state index contributed by atoms with van der Waals surface area (Å²) in [4.78, 5) is 23.9. The van der Waals surface area contributed by atoms with Crippen LogP contribution in [0.25, 0.3) is 0 Å². The van der Waals surface area contributed by atoms with Crippen LogP contribution >= 0.6 is 0 Å². The Morgan fingerprint density at radius 3 is 1.33 bits per heavy atom. The molecule has 0 unspecified atom stereocenters. The average Bonchev–Trinajstić information content (AvgIpc) is 2.65. The van der Waals surface area contributed by atoms with Crippen molar-refractivity contribution < 1.29 is 19.1 Å². The predicted molar refractivity (Wildman–Crippen MR) is 91.6 cm³/mol. The second kappa shape index (κ2) is 8.87. The molecule has 0 amide bonds. The molecule has 0 bridgehead atoms. The van der Waals surface area contributed by atoms with E-state index >= 15 is 0 Å². The largest absolute Gasteiger partial charge is 0.469 e. The Hall–Kier alpha value is -2.62. The minimum absolute atomic E-state index is 0.167. The lowest BCUT2D eigenvalue weighted by atomic mass is 9.77. The van der Waals surface area contributed by atoms with Crippen molar-refractivity contribution >= 4 is 11.9 Å². The summed E-state index contributed by atoms with van der Waals surface area (Å²) in [5.74, 6) is -0.926. The molecule has 0 heterocycles. The molecule has 0 saturated heterocycles. The average molecular weight is 326 g/mol. The molecule has 4 nitrogen and oxygen atoms in total. The SMILES string of the molecule is COC(=O)C[C@H](c1ccccc1)[C@H](CC(=O)OC)c1ccccc1. The highest BCUT2D eigenvalue weighted by atomic mass is 16.5. The topological polar surface area (TPSA) is 52.6 Å². The van der Waals surface area contributed by atoms with Crippen LogP contribution in [-0.4, -0.2) is 26.2 Å². The monoisotopic (exact) mass is 326 g/mol. The van der Waals surface area contributed by atoms with Gasteiger partial charge in [0.2, 0.25) is 0 Å². The molecule has 0 fully saturated rings. The standard InChI is InChI=1S/C20H22O4/c1-23-19(21)13-17(15-9-5-3-6-10-15)18(14-20(22)24-2)16-11-7-4-8-12-16/h3-12,17-18H,13-14H2,1-2H3/t17-,18-/m1/s1. The van der Waals surface area contributed by atoms with E-state index in [1.165, 1.54) is 14.2 Å². The van der Waals surface area contributed by atoms with Gasteiger partial charge in [-0.05, 0) is 11.1 Å². The minimum atomic E-state index is -0.297. The molecule has 0 aliphatic carbocycles. The van der Waals surface area contributed by atoms with Crippen LogP contribution in [0.1, 0.15) is 35.8 Å². The van der Waals surface area contributed by atoms with Gasteiger partial charge in [-0.25, -0.2) is 0 Å². The first kappa shape index (κ1) is 17.7. The third-order valence-electron chi connectivity index (χ3n) is 4.17. The maximum atomic E-state index is 11.9. The summed E-state index contributed by atoms with van der Waals surface area (Å²) in [7, 11) is 2.75. The molecule has 0 aliphatic rings. The molecule has 0 saturated carbocycles. The van der Waals surface area contributed by atoms with Gasteiger partial charge in [-0.3, -0.25) is 9.59 Å². The van der Waals surface area contributed by atoms with Gasteiger partial charge in [0.15, 0.2) is 0 Å². The van der Waals surface area contributed by atoms with Crippen LogP contribution in [0.15, 0.2) is 60.7 Å². The van der Waals surface area contributed by atoms with E-state index in [1.807, 2.05) is 60.7 Å². The maximum Gasteiger partial charge on any atom is 0.306 e. The summed E-state index contributed by atoms with van der Waals surface area (Å²) < 4.78 is 9.73. The molecule has 0 radical (unpaired) electrons. The Morgan fingerprint density at radius 2 is 1.04 bits per heavy atom. The molecule has 2 aromatic carbocycles. The lowest BCUT2D eigenvalue weighted by Crippen LogP contribution is -2.20. The molecule has 0 spiro atoms. The van der Waals surface area contributed by atoms with Crippen molar-refractivity contribution in [2.24, 2.45) is 0 Å². The van der Waals surface area contributed by atoms with Crippen molar-refractivity contribution in [2.75, 3.05) is 14.2 Å². The van der Waals surface area contributed by atoms with E-state index in [4.69, 9.17) is 9.47 Å². The maximum absolute atomic E-state index is 11.9. The van der Waals surface area contributed by atoms with Crippen LogP contribution in [0.3, 0.4) is 0 Å². The van der Waals surface area contributed by atoms with E-state index in [0.29, 0.717) is 0 Å². The molecule has 4 heteroatoms. The number of ether oxygens (including phenoxy) is 2. The summed E-state index contributed by atoms with van der Waals surface area (Å²) in [5.41, 5.74) is 2.00. The van der Waals surface area contributed by atoms with Crippen molar-refractivity contribution in [2.45, 2.75) is 24.7 Å². The summed E-state index contributed by atoms with van der Waals surface area (Å²) in [6.07, 6.45) is 0.411. The van der Waals surface area contributed by atoms with Crippen LogP contribution in [0.5, 0.6) is 0 Å². The van der Waals surface area contributed by atoms with Gasteiger partial charge in [-0.1, -0.05) is 60.7 Å². The van der Waals surface area contributed by atoms with Gasteiger partial charge in [0, 0.05) is 11.8 Å². The molecule has 2 rings (SSSR count). The van der Waals surface area contributed by atoms with Crippen molar-refractivity contribution in [3.05, 3.63) is 71.8 Å². The first-order chi connectivity index (χ1) is 11.7. The highest BCUT2D eigenvalue weighted by molar-refractivity contribution is 5.73. The fraction of sp³-hybridized carbons (Fsp3) is 0.300. The van der Waals surface area contributed by atoms with Gasteiger partial charge in [0.05, 0.1) is 27.1 Å². The first-order valence-electron chi connectivity index (χ1n) is 7.89. The van der Waals surface area contributed by atoms with Gasteiger partial charge in [-0.15, -0.1) is 0 Å². The Bertz CT molecular complexity index is 592. The zero-order chi connectivity index (χ0) is 17.4. The van der Waals surface area contributed by atoms with E-state index < -0.39 is 0 Å². The zero-order valence-corrected chi connectivity index (χ0v) is 14.0. The van der Waals surface area contributed by atoms with Gasteiger partial charge in [0.1, 0.15) is 0 Å². The Morgan fingerprint density at radius 1 is 0.708 bits per heavy atom. The molecule has 0 N–H and O–H groups in total. The summed E-state index contributed by atoms with van der Waals surface area (Å²) in [5, 5.41) is 0. The van der Waals surface area contributed by atoms with E-state index in [0.717, 1.165) is 11.1 Å². The van der Waals surface area contributed by atoms with Gasteiger partial charge >= 0.3 is 11.9 Å². The molecular formula is C20H22O4. The zero-order valence-electron chi connectivity index (χ0n) is 14.0. The number of carbonyl (C=O) groups excluding carboxylic acids is 2. The second-order valence-electron chi connectivity index (χ2n) is 5.59. The lowest BCUT2D eigenvalue weighted by Gasteiger charge is -2.26. The fourth-order valence-electron chi connectivity index (χ4n) is 2.91. The normalized spacial score (nSPS) is 12.9. The van der Waals surface area contributed by atoms with Crippen LogP contribution in [0, 0.1) is 0 Å². The van der Waals surface area contributed by atoms with Crippen LogP contribution < -0.4 is 0 Å². The first-order valence-corrected chi connectivity index (χ1v) is 7.89. The van der Waals surface area contributed by atoms with Crippen molar-refractivity contribution in [3.8, 4) is 0 Å². The molecular weight excluding hydrogens is 304 g/mol. The Kier molecular flexibility index (Phi) is 6.55. The molecule has 0 aliphatic heterocycles. The Balaban J connectivity index is 2.42. The number of esters is 2. The Labute approximate surface area is 142 Å². The van der Waals surface area contributed by atoms with E-state index in [2.05, 4.69) is 0 Å². The van der Waals surface area contributed by atoms with Gasteiger partial charge in [0.25, 0.3) is 0 Å². The van der Waals surface area contributed by atoms with Gasteiger partial charge < -0.3 is 9.47 Å². The summed E-state index contributed by atoms with van der Waals surface area (Å²) >= 11 is 0. The third kappa shape index (κ3) is 4.69. The molecule has 0 aromatic heterocycles. The molecule has 2 atom stereocenters. The van der Waals surface area contributed by atoms with Gasteiger partial charge in [-0.2, -0.15) is 0 Å². The highest BCUT2D eigenvalue weighted by Crippen LogP contribution is 2.38. The summed E-state index contributed by atoms with van der Waals surface area (Å²) in [6, 6.07) is 19.5. The number of benzene rings is 2. The number of rotatable bonds is 7. The van der Waals surface area contributed by atoms with E-state index in [9.17, 15) is 9.59 Å². The van der Waals surface area contributed by atoms with E-state index in [1.54, 1.807) is 0 Å². The lowest BCUT2D eigenvalue weighted by molar-refractivity contribution is -0.143. The smallest absolute Gasteiger partial charge is 0.306 e. The fourth-order valence-corrected chi connectivity index (χ4v) is 2.91. The third-order valence-corrected chi connectivity index (χ3v) is 4.17. The van der Waals surface area contributed by atoms with E-state index in [-0.39, 0.29) is 36.6 Å². The number of hydrogen-bond acceptors (Lipinski definition) is 4. The van der Waals surface area contributed by atoms with Crippen molar-refractivity contribution in [1.29, 1.82) is 0 Å². The quantitative estimate of drug-likeness (QED) is 0.728. The van der Waals surface area contributed by atoms with Crippen LogP contribution in [0.2, 0.25) is 0 Å². The minimum Gasteiger partial charge on any atom is -0.469 e. The van der Waals surface area contributed by atoms with Crippen molar-refractivity contribution in [1.82, 2.24) is 0 Å². The number of carbonyl (C=O) groups is 2. The summed E-state index contributed by atoms with van der Waals surface area (Å²) in [6.45, 7) is 0. The molecule has 2 aromatic rings. The predicted octanol–water partition coefficient (Wildman–Crippen LogP) is 3.68.